The van der Waals surface area contributed by atoms with Crippen LogP contribution < -0.4 is 0 Å². The van der Waals surface area contributed by atoms with Crippen molar-refractivity contribution in [3.05, 3.63) is 53.9 Å². The predicted octanol–water partition coefficient (Wildman–Crippen LogP) is 3.81. The van der Waals surface area contributed by atoms with Gasteiger partial charge in [-0.1, -0.05) is 42.5 Å². The minimum absolute atomic E-state index is 0.214. The van der Waals surface area contributed by atoms with Crippen LogP contribution in [0.1, 0.15) is 18.3 Å². The zero-order valence-corrected chi connectivity index (χ0v) is 11.0. The van der Waals surface area contributed by atoms with Gasteiger partial charge >= 0.3 is 0 Å². The lowest BCUT2D eigenvalue weighted by atomic mass is 10.1. The van der Waals surface area contributed by atoms with E-state index < -0.39 is 0 Å². The summed E-state index contributed by atoms with van der Waals surface area (Å²) in [4.78, 5) is 7.96. The number of thiol groups is 1. The van der Waals surface area contributed by atoms with Crippen molar-refractivity contribution in [1.29, 1.82) is 0 Å². The summed E-state index contributed by atoms with van der Waals surface area (Å²) in [6, 6.07) is 10.1. The Morgan fingerprint density at radius 1 is 1.11 bits per heavy atom. The number of hydrogen-bond acceptors (Lipinski definition) is 2. The Bertz CT molecular complexity index is 588. The summed E-state index contributed by atoms with van der Waals surface area (Å²) in [5.74, 6) is 0.901. The van der Waals surface area contributed by atoms with Crippen LogP contribution in [0, 0.1) is 0 Å². The molecule has 2 nitrogen and oxygen atoms in total. The molecule has 0 amide bonds. The van der Waals surface area contributed by atoms with Gasteiger partial charge in [-0.05, 0) is 19.1 Å². The minimum Gasteiger partial charge on any atom is -0.338 e. The van der Waals surface area contributed by atoms with Gasteiger partial charge in [0.2, 0.25) is 0 Å². The number of imidazole rings is 1. The topological polar surface area (TPSA) is 28.7 Å². The van der Waals surface area contributed by atoms with Crippen molar-refractivity contribution in [2.75, 3.05) is 0 Å². The Kier molecular flexibility index (Phi) is 2.63. The van der Waals surface area contributed by atoms with E-state index in [4.69, 9.17) is 0 Å². The van der Waals surface area contributed by atoms with Crippen LogP contribution in [0.25, 0.3) is 23.5 Å². The van der Waals surface area contributed by atoms with Gasteiger partial charge in [-0.15, -0.1) is 0 Å². The molecule has 0 radical (unpaired) electrons. The number of nitrogens with zero attached hydrogens (tertiary/aromatic N) is 1. The van der Waals surface area contributed by atoms with E-state index in [1.807, 2.05) is 55.5 Å². The molecular formula is C15H14N2S. The van der Waals surface area contributed by atoms with Crippen molar-refractivity contribution < 1.29 is 0 Å². The summed E-state index contributed by atoms with van der Waals surface area (Å²) in [7, 11) is 0. The second kappa shape index (κ2) is 4.18. The molecule has 0 bridgehead atoms. The molecule has 1 unspecified atom stereocenters. The van der Waals surface area contributed by atoms with E-state index in [2.05, 4.69) is 28.7 Å². The molecule has 1 aromatic carbocycles. The lowest BCUT2D eigenvalue weighted by Crippen LogP contribution is -2.06. The largest absolute Gasteiger partial charge is 0.338 e. The fraction of sp³-hybridized carbons (Fsp3) is 0.133. The van der Waals surface area contributed by atoms with Gasteiger partial charge in [-0.25, -0.2) is 4.98 Å². The number of benzene rings is 1. The fourth-order valence-electron chi connectivity index (χ4n) is 1.94. The summed E-state index contributed by atoms with van der Waals surface area (Å²) in [6.07, 6.45) is 8.17. The molecule has 2 aromatic rings. The van der Waals surface area contributed by atoms with Gasteiger partial charge in [0.1, 0.15) is 5.82 Å². The lowest BCUT2D eigenvalue weighted by molar-refractivity contribution is 1.03. The van der Waals surface area contributed by atoms with Crippen molar-refractivity contribution in [2.24, 2.45) is 0 Å². The Labute approximate surface area is 112 Å². The van der Waals surface area contributed by atoms with E-state index in [1.54, 1.807) is 0 Å². The quantitative estimate of drug-likeness (QED) is 0.744. The Morgan fingerprint density at radius 2 is 1.83 bits per heavy atom. The molecule has 0 aliphatic heterocycles. The first-order valence-electron chi connectivity index (χ1n) is 5.90. The van der Waals surface area contributed by atoms with Crippen LogP contribution in [-0.2, 0) is 0 Å². The second-order valence-electron chi connectivity index (χ2n) is 4.64. The van der Waals surface area contributed by atoms with Gasteiger partial charge in [0.05, 0.1) is 11.4 Å². The molecule has 3 rings (SSSR count). The highest BCUT2D eigenvalue weighted by Gasteiger charge is 2.16. The number of rotatable bonds is 1. The molecule has 1 atom stereocenters. The third-order valence-electron chi connectivity index (χ3n) is 2.97. The number of aromatic amines is 1. The van der Waals surface area contributed by atoms with Crippen molar-refractivity contribution >= 4 is 24.8 Å². The molecule has 3 heteroatoms. The van der Waals surface area contributed by atoms with Crippen LogP contribution in [0.15, 0.2) is 42.5 Å². The highest BCUT2D eigenvalue weighted by molar-refractivity contribution is 7.82. The second-order valence-corrected chi connectivity index (χ2v) is 5.61. The highest BCUT2D eigenvalue weighted by Crippen LogP contribution is 2.27. The Hall–Kier alpha value is -1.74. The molecule has 1 aliphatic rings. The smallest absolute Gasteiger partial charge is 0.138 e. The first kappa shape index (κ1) is 11.4. The van der Waals surface area contributed by atoms with Crippen molar-refractivity contribution in [3.63, 3.8) is 0 Å². The Balaban J connectivity index is 2.04. The highest BCUT2D eigenvalue weighted by atomic mass is 32.1. The van der Waals surface area contributed by atoms with Crippen molar-refractivity contribution in [2.45, 2.75) is 11.7 Å². The normalized spacial score (nSPS) is 16.3. The maximum Gasteiger partial charge on any atom is 0.138 e. The van der Waals surface area contributed by atoms with Crippen LogP contribution in [0.4, 0.5) is 0 Å². The Morgan fingerprint density at radius 3 is 2.61 bits per heavy atom. The maximum absolute atomic E-state index is 4.62. The molecule has 1 heterocycles. The van der Waals surface area contributed by atoms with Crippen LogP contribution in [0.2, 0.25) is 0 Å². The summed E-state index contributed by atoms with van der Waals surface area (Å²) in [5.41, 5.74) is 3.09. The number of aromatic nitrogens is 2. The maximum atomic E-state index is 4.62. The predicted molar refractivity (Wildman–Crippen MR) is 79.5 cm³/mol. The summed E-state index contributed by atoms with van der Waals surface area (Å²) in [5, 5.41) is 0. The van der Waals surface area contributed by atoms with E-state index in [0.717, 1.165) is 22.8 Å². The van der Waals surface area contributed by atoms with Crippen LogP contribution in [-0.4, -0.2) is 14.7 Å². The molecular weight excluding hydrogens is 240 g/mol. The number of fused-ring (bicyclic) bond motifs is 1. The monoisotopic (exact) mass is 254 g/mol. The van der Waals surface area contributed by atoms with Crippen LogP contribution in [0.5, 0.6) is 0 Å². The van der Waals surface area contributed by atoms with E-state index in [9.17, 15) is 0 Å². The first-order chi connectivity index (χ1) is 8.64. The average Bonchev–Trinajstić information content (AvgIpc) is 2.73. The van der Waals surface area contributed by atoms with Crippen LogP contribution in [0.3, 0.4) is 0 Å². The van der Waals surface area contributed by atoms with Gasteiger partial charge in [0.25, 0.3) is 0 Å². The van der Waals surface area contributed by atoms with E-state index in [0.29, 0.717) is 0 Å². The molecule has 0 fully saturated rings. The number of nitrogens with one attached hydrogen (secondary N) is 1. The van der Waals surface area contributed by atoms with Gasteiger partial charge in [-0.3, -0.25) is 0 Å². The van der Waals surface area contributed by atoms with Gasteiger partial charge in [-0.2, -0.15) is 12.6 Å². The molecule has 18 heavy (non-hydrogen) atoms. The van der Waals surface area contributed by atoms with Gasteiger partial charge in [0, 0.05) is 10.3 Å². The summed E-state index contributed by atoms with van der Waals surface area (Å²) >= 11 is 4.55. The third-order valence-corrected chi connectivity index (χ3v) is 3.27. The SMILES string of the molecule is CC1(S)C=Cc2nc(-c3ccccc3)[nH]c2C=C1. The summed E-state index contributed by atoms with van der Waals surface area (Å²) in [6.45, 7) is 2.05. The van der Waals surface area contributed by atoms with E-state index in [-0.39, 0.29) is 4.75 Å². The first-order valence-corrected chi connectivity index (χ1v) is 6.35. The standard InChI is InChI=1S/C15H14N2S/c1-15(18)9-7-12-13(8-10-15)17-14(16-12)11-5-3-2-4-6-11/h2-10,18H,1H3,(H,16,17). The summed E-state index contributed by atoms with van der Waals surface area (Å²) < 4.78 is -0.214. The molecule has 1 aliphatic carbocycles. The molecule has 0 saturated heterocycles. The minimum atomic E-state index is -0.214. The third kappa shape index (κ3) is 2.14. The molecule has 0 saturated carbocycles. The van der Waals surface area contributed by atoms with E-state index >= 15 is 0 Å². The molecule has 1 aromatic heterocycles. The lowest BCUT2D eigenvalue weighted by Gasteiger charge is -2.10. The molecule has 90 valence electrons. The average molecular weight is 254 g/mol. The zero-order valence-electron chi connectivity index (χ0n) is 10.1. The van der Waals surface area contributed by atoms with Crippen LogP contribution >= 0.6 is 12.6 Å². The van der Waals surface area contributed by atoms with Gasteiger partial charge in [0.15, 0.2) is 0 Å². The number of hydrogen-bond donors (Lipinski definition) is 2. The fourth-order valence-corrected chi connectivity index (χ4v) is 2.09. The number of H-pyrrole nitrogens is 1. The zero-order chi connectivity index (χ0) is 12.6. The van der Waals surface area contributed by atoms with E-state index in [1.165, 1.54) is 0 Å². The molecule has 0 spiro atoms. The molecule has 1 N–H and O–H groups in total. The van der Waals surface area contributed by atoms with Crippen molar-refractivity contribution in [1.82, 2.24) is 9.97 Å². The van der Waals surface area contributed by atoms with Crippen molar-refractivity contribution in [3.8, 4) is 11.4 Å². The van der Waals surface area contributed by atoms with Gasteiger partial charge < -0.3 is 4.98 Å².